The Labute approximate surface area is 161 Å². The molecule has 1 atom stereocenters. The first-order chi connectivity index (χ1) is 12.4. The van der Waals surface area contributed by atoms with Crippen LogP contribution in [0.25, 0.3) is 0 Å². The smallest absolute Gasteiger partial charge is 0.289 e. The summed E-state index contributed by atoms with van der Waals surface area (Å²) in [5, 5.41) is 3.05. The fourth-order valence-corrected chi connectivity index (χ4v) is 3.82. The molecule has 0 aromatic carbocycles. The standard InChI is InChI=1S/C19H23BrN2O4/c1-3-6-19(7-4-5-8-26-19)18(24)21-14-10-15(11-14)22(2)17(23)16-9-13(20)12-25-16/h1,9,12,14-15H,4-8,10-11H2,2H3,(H,21,24). The molecule has 0 spiro atoms. The van der Waals surface area contributed by atoms with E-state index in [1.54, 1.807) is 18.0 Å². The first-order valence-corrected chi connectivity index (χ1v) is 9.64. The van der Waals surface area contributed by atoms with E-state index in [0.29, 0.717) is 38.1 Å². The molecule has 1 saturated heterocycles. The monoisotopic (exact) mass is 422 g/mol. The minimum atomic E-state index is -0.889. The molecule has 1 aromatic rings. The van der Waals surface area contributed by atoms with Crippen molar-refractivity contribution in [2.24, 2.45) is 0 Å². The highest BCUT2D eigenvalue weighted by atomic mass is 79.9. The number of amides is 2. The van der Waals surface area contributed by atoms with Gasteiger partial charge < -0.3 is 19.4 Å². The van der Waals surface area contributed by atoms with Gasteiger partial charge in [-0.15, -0.1) is 12.3 Å². The van der Waals surface area contributed by atoms with Gasteiger partial charge in [0.05, 0.1) is 4.47 Å². The van der Waals surface area contributed by atoms with E-state index in [1.165, 1.54) is 6.26 Å². The molecule has 140 valence electrons. The number of rotatable bonds is 5. The Kier molecular flexibility index (Phi) is 5.73. The molecule has 1 aliphatic carbocycles. The van der Waals surface area contributed by atoms with Gasteiger partial charge in [-0.1, -0.05) is 0 Å². The Hall–Kier alpha value is -1.78. The van der Waals surface area contributed by atoms with Gasteiger partial charge in [0, 0.05) is 38.2 Å². The number of carbonyl (C=O) groups is 2. The molecule has 2 fully saturated rings. The third-order valence-corrected chi connectivity index (χ3v) is 5.67. The predicted molar refractivity (Wildman–Crippen MR) is 99.4 cm³/mol. The molecule has 7 heteroatoms. The summed E-state index contributed by atoms with van der Waals surface area (Å²) in [6.07, 6.45) is 11.2. The van der Waals surface area contributed by atoms with E-state index in [9.17, 15) is 9.59 Å². The van der Waals surface area contributed by atoms with E-state index >= 15 is 0 Å². The van der Waals surface area contributed by atoms with Crippen LogP contribution in [0.2, 0.25) is 0 Å². The lowest BCUT2D eigenvalue weighted by atomic mass is 9.83. The molecule has 2 amide bonds. The number of carbonyl (C=O) groups excluding carboxylic acids is 2. The molecule has 2 aliphatic rings. The number of halogens is 1. The molecule has 6 nitrogen and oxygen atoms in total. The lowest BCUT2D eigenvalue weighted by Crippen LogP contribution is -2.59. The Balaban J connectivity index is 1.52. The second-order valence-corrected chi connectivity index (χ2v) is 7.94. The summed E-state index contributed by atoms with van der Waals surface area (Å²) < 4.78 is 11.7. The summed E-state index contributed by atoms with van der Waals surface area (Å²) in [5.74, 6) is 2.59. The highest BCUT2D eigenvalue weighted by Gasteiger charge is 2.43. The number of nitrogens with one attached hydrogen (secondary N) is 1. The molecule has 1 aromatic heterocycles. The van der Waals surface area contributed by atoms with Gasteiger partial charge in [-0.3, -0.25) is 9.59 Å². The largest absolute Gasteiger partial charge is 0.458 e. The van der Waals surface area contributed by atoms with Crippen molar-refractivity contribution >= 4 is 27.7 Å². The van der Waals surface area contributed by atoms with Crippen LogP contribution in [0.4, 0.5) is 0 Å². The third-order valence-electron chi connectivity index (χ3n) is 5.25. The average Bonchev–Trinajstić information content (AvgIpc) is 3.03. The molecule has 1 saturated carbocycles. The summed E-state index contributed by atoms with van der Waals surface area (Å²) >= 11 is 3.27. The minimum Gasteiger partial charge on any atom is -0.458 e. The highest BCUT2D eigenvalue weighted by molar-refractivity contribution is 9.10. The van der Waals surface area contributed by atoms with Crippen molar-refractivity contribution in [3.63, 3.8) is 0 Å². The van der Waals surface area contributed by atoms with Gasteiger partial charge in [0.15, 0.2) is 11.4 Å². The van der Waals surface area contributed by atoms with Gasteiger partial charge in [-0.2, -0.15) is 0 Å². The third kappa shape index (κ3) is 3.81. The van der Waals surface area contributed by atoms with Crippen molar-refractivity contribution in [2.75, 3.05) is 13.7 Å². The van der Waals surface area contributed by atoms with E-state index in [2.05, 4.69) is 27.2 Å². The van der Waals surface area contributed by atoms with E-state index < -0.39 is 5.60 Å². The quantitative estimate of drug-likeness (QED) is 0.740. The van der Waals surface area contributed by atoms with Gasteiger partial charge >= 0.3 is 0 Å². The zero-order valence-electron chi connectivity index (χ0n) is 14.8. The fraction of sp³-hybridized carbons (Fsp3) is 0.579. The van der Waals surface area contributed by atoms with Gasteiger partial charge in [0.25, 0.3) is 11.8 Å². The van der Waals surface area contributed by atoms with Crippen LogP contribution >= 0.6 is 15.9 Å². The summed E-state index contributed by atoms with van der Waals surface area (Å²) in [6.45, 7) is 0.568. The molecule has 2 heterocycles. The maximum Gasteiger partial charge on any atom is 0.289 e. The summed E-state index contributed by atoms with van der Waals surface area (Å²) in [6, 6.07) is 1.76. The second kappa shape index (κ2) is 7.85. The van der Waals surface area contributed by atoms with Crippen LogP contribution in [0.5, 0.6) is 0 Å². The van der Waals surface area contributed by atoms with Crippen LogP contribution in [-0.2, 0) is 9.53 Å². The van der Waals surface area contributed by atoms with Gasteiger partial charge in [-0.25, -0.2) is 0 Å². The first kappa shape index (κ1) is 19.0. The van der Waals surface area contributed by atoms with Gasteiger partial charge in [0.1, 0.15) is 6.26 Å². The molecule has 1 aliphatic heterocycles. The van der Waals surface area contributed by atoms with Gasteiger partial charge in [-0.05, 0) is 48.0 Å². The Morgan fingerprint density at radius 1 is 1.46 bits per heavy atom. The van der Waals surface area contributed by atoms with Crippen molar-refractivity contribution in [1.29, 1.82) is 0 Å². The highest BCUT2D eigenvalue weighted by Crippen LogP contribution is 2.31. The molecule has 26 heavy (non-hydrogen) atoms. The van der Waals surface area contributed by atoms with E-state index in [4.69, 9.17) is 15.6 Å². The van der Waals surface area contributed by atoms with Crippen LogP contribution in [0.15, 0.2) is 21.2 Å². The predicted octanol–water partition coefficient (Wildman–Crippen LogP) is 2.72. The Bertz CT molecular complexity index is 711. The SMILES string of the molecule is C#CCC1(C(=O)NC2CC(N(C)C(=O)c3cc(Br)co3)C2)CCCCO1. The van der Waals surface area contributed by atoms with Crippen LogP contribution < -0.4 is 5.32 Å². The lowest BCUT2D eigenvalue weighted by molar-refractivity contribution is -0.154. The molecule has 0 radical (unpaired) electrons. The van der Waals surface area contributed by atoms with Gasteiger partial charge in [0.2, 0.25) is 0 Å². The summed E-state index contributed by atoms with van der Waals surface area (Å²) in [7, 11) is 1.76. The number of ether oxygens (including phenoxy) is 1. The van der Waals surface area contributed by atoms with Crippen molar-refractivity contribution in [3.8, 4) is 12.3 Å². The van der Waals surface area contributed by atoms with E-state index in [-0.39, 0.29) is 23.9 Å². The number of nitrogens with zero attached hydrogens (tertiary/aromatic N) is 1. The molecule has 3 rings (SSSR count). The molecule has 1 N–H and O–H groups in total. The molecular formula is C19H23BrN2O4. The number of furan rings is 1. The van der Waals surface area contributed by atoms with Crippen LogP contribution in [0, 0.1) is 12.3 Å². The Morgan fingerprint density at radius 3 is 2.81 bits per heavy atom. The molecule has 1 unspecified atom stereocenters. The average molecular weight is 423 g/mol. The molecular weight excluding hydrogens is 400 g/mol. The Morgan fingerprint density at radius 2 is 2.23 bits per heavy atom. The zero-order valence-corrected chi connectivity index (χ0v) is 16.4. The number of hydrogen-bond donors (Lipinski definition) is 1. The topological polar surface area (TPSA) is 71.8 Å². The van der Waals surface area contributed by atoms with Crippen LogP contribution in [-0.4, -0.2) is 48.1 Å². The van der Waals surface area contributed by atoms with Crippen molar-refractivity contribution in [3.05, 3.63) is 22.6 Å². The maximum atomic E-state index is 12.7. The van der Waals surface area contributed by atoms with Crippen molar-refractivity contribution in [1.82, 2.24) is 10.2 Å². The van der Waals surface area contributed by atoms with Crippen molar-refractivity contribution in [2.45, 2.75) is 56.2 Å². The fourth-order valence-electron chi connectivity index (χ4n) is 3.52. The van der Waals surface area contributed by atoms with E-state index in [1.807, 2.05) is 0 Å². The van der Waals surface area contributed by atoms with Crippen LogP contribution in [0.1, 0.15) is 49.1 Å². The van der Waals surface area contributed by atoms with Crippen LogP contribution in [0.3, 0.4) is 0 Å². The zero-order chi connectivity index (χ0) is 18.7. The second-order valence-electron chi connectivity index (χ2n) is 7.02. The summed E-state index contributed by atoms with van der Waals surface area (Å²) in [5.41, 5.74) is -0.889. The molecule has 0 bridgehead atoms. The number of terminal acetylenes is 1. The maximum absolute atomic E-state index is 12.7. The lowest BCUT2D eigenvalue weighted by Gasteiger charge is -2.43. The summed E-state index contributed by atoms with van der Waals surface area (Å²) in [4.78, 5) is 26.8. The van der Waals surface area contributed by atoms with Crippen molar-refractivity contribution < 1.29 is 18.7 Å². The first-order valence-electron chi connectivity index (χ1n) is 8.85. The minimum absolute atomic E-state index is 0.0336. The normalized spacial score (nSPS) is 27.9. The number of hydrogen-bond acceptors (Lipinski definition) is 4. The van der Waals surface area contributed by atoms with E-state index in [0.717, 1.165) is 17.3 Å².